The fourth-order valence-corrected chi connectivity index (χ4v) is 2.31. The molecule has 0 bridgehead atoms. The molecular weight excluding hydrogens is 244 g/mol. The van der Waals surface area contributed by atoms with Crippen LogP contribution in [0.4, 0.5) is 0 Å². The first-order valence-corrected chi connectivity index (χ1v) is 7.12. The van der Waals surface area contributed by atoms with E-state index in [0.29, 0.717) is 12.6 Å². The molecule has 112 valence electrons. The van der Waals surface area contributed by atoms with E-state index in [0.717, 1.165) is 19.7 Å². The van der Waals surface area contributed by atoms with Crippen molar-refractivity contribution in [2.45, 2.75) is 45.9 Å². The number of morpholine rings is 1. The van der Waals surface area contributed by atoms with Crippen molar-refractivity contribution < 1.29 is 14.3 Å². The molecule has 19 heavy (non-hydrogen) atoms. The van der Waals surface area contributed by atoms with Gasteiger partial charge in [-0.25, -0.2) is 0 Å². The topological polar surface area (TPSA) is 50.8 Å². The lowest BCUT2D eigenvalue weighted by Crippen LogP contribution is -2.52. The second kappa shape index (κ2) is 7.82. The van der Waals surface area contributed by atoms with E-state index in [1.54, 1.807) is 0 Å². The zero-order chi connectivity index (χ0) is 14.4. The average Bonchev–Trinajstić information content (AvgIpc) is 2.38. The highest BCUT2D eigenvalue weighted by Gasteiger charge is 2.26. The Balaban J connectivity index is 2.43. The molecule has 0 aromatic heterocycles. The number of hydrogen-bond acceptors (Lipinski definition) is 5. The first-order valence-electron chi connectivity index (χ1n) is 7.12. The summed E-state index contributed by atoms with van der Waals surface area (Å²) in [5.74, 6) is 0.00349. The summed E-state index contributed by atoms with van der Waals surface area (Å²) in [6.45, 7) is 11.8. The van der Waals surface area contributed by atoms with Crippen molar-refractivity contribution in [3.63, 3.8) is 0 Å². The van der Waals surface area contributed by atoms with E-state index in [9.17, 15) is 4.79 Å². The number of nitrogens with one attached hydrogen (secondary N) is 1. The maximum Gasteiger partial charge on any atom is 0.323 e. The van der Waals surface area contributed by atoms with Gasteiger partial charge in [0.25, 0.3) is 0 Å². The molecule has 5 heteroatoms. The van der Waals surface area contributed by atoms with E-state index in [4.69, 9.17) is 9.47 Å². The molecule has 2 unspecified atom stereocenters. The van der Waals surface area contributed by atoms with E-state index in [1.807, 2.05) is 13.8 Å². The molecule has 0 saturated carbocycles. The zero-order valence-corrected chi connectivity index (χ0v) is 12.8. The Hall–Kier alpha value is -0.650. The molecule has 1 N–H and O–H groups in total. The third-order valence-corrected chi connectivity index (χ3v) is 3.59. The molecule has 1 aliphatic rings. The van der Waals surface area contributed by atoms with Crippen molar-refractivity contribution >= 4 is 5.97 Å². The lowest BCUT2D eigenvalue weighted by molar-refractivity contribution is -0.144. The number of methoxy groups -OCH3 is 1. The molecule has 1 fully saturated rings. The van der Waals surface area contributed by atoms with Crippen LogP contribution < -0.4 is 5.32 Å². The van der Waals surface area contributed by atoms with E-state index < -0.39 is 0 Å². The molecule has 1 heterocycles. The minimum absolute atomic E-state index is 0.141. The highest BCUT2D eigenvalue weighted by molar-refractivity contribution is 5.75. The van der Waals surface area contributed by atoms with Gasteiger partial charge in [0.2, 0.25) is 0 Å². The average molecular weight is 272 g/mol. The summed E-state index contributed by atoms with van der Waals surface area (Å²) in [5.41, 5.74) is 0. The van der Waals surface area contributed by atoms with Crippen molar-refractivity contribution in [1.29, 1.82) is 0 Å². The second-order valence-corrected chi connectivity index (χ2v) is 5.73. The van der Waals surface area contributed by atoms with E-state index >= 15 is 0 Å². The van der Waals surface area contributed by atoms with Crippen LogP contribution in [0.3, 0.4) is 0 Å². The van der Waals surface area contributed by atoms with Gasteiger partial charge in [-0.05, 0) is 19.8 Å². The van der Waals surface area contributed by atoms with Crippen LogP contribution in [-0.2, 0) is 14.3 Å². The highest BCUT2D eigenvalue weighted by atomic mass is 16.5. The molecule has 1 saturated heterocycles. The Labute approximate surface area is 116 Å². The third-order valence-electron chi connectivity index (χ3n) is 3.59. The Morgan fingerprint density at radius 1 is 1.42 bits per heavy atom. The fourth-order valence-electron chi connectivity index (χ4n) is 2.31. The van der Waals surface area contributed by atoms with Crippen LogP contribution >= 0.6 is 0 Å². The summed E-state index contributed by atoms with van der Waals surface area (Å²) in [7, 11) is 1.43. The van der Waals surface area contributed by atoms with Gasteiger partial charge < -0.3 is 14.8 Å². The normalized spacial score (nSPS) is 22.8. The summed E-state index contributed by atoms with van der Waals surface area (Å²) >= 11 is 0. The number of rotatable bonds is 6. The van der Waals surface area contributed by atoms with Crippen molar-refractivity contribution in [2.75, 3.05) is 33.4 Å². The SMILES string of the molecule is COC(=O)C(NCC1CN(C(C)C)CCO1)C(C)C. The molecule has 0 amide bonds. The smallest absolute Gasteiger partial charge is 0.323 e. The van der Waals surface area contributed by atoms with Gasteiger partial charge >= 0.3 is 5.97 Å². The number of carbonyl (C=O) groups is 1. The summed E-state index contributed by atoms with van der Waals surface area (Å²) < 4.78 is 10.6. The molecule has 0 spiro atoms. The van der Waals surface area contributed by atoms with Gasteiger partial charge in [0, 0.05) is 25.7 Å². The van der Waals surface area contributed by atoms with E-state index in [1.165, 1.54) is 7.11 Å². The zero-order valence-electron chi connectivity index (χ0n) is 12.8. The summed E-state index contributed by atoms with van der Waals surface area (Å²) in [5, 5.41) is 3.27. The third kappa shape index (κ3) is 5.09. The minimum atomic E-state index is -0.261. The molecule has 2 atom stereocenters. The Bertz CT molecular complexity index is 282. The van der Waals surface area contributed by atoms with Gasteiger partial charge in [-0.1, -0.05) is 13.8 Å². The van der Waals surface area contributed by atoms with Crippen LogP contribution in [0.5, 0.6) is 0 Å². The van der Waals surface area contributed by atoms with Crippen LogP contribution in [0.15, 0.2) is 0 Å². The standard InChI is InChI=1S/C14H28N2O3/c1-10(2)13(14(17)18-5)15-8-12-9-16(11(3)4)6-7-19-12/h10-13,15H,6-9H2,1-5H3. The Morgan fingerprint density at radius 2 is 2.11 bits per heavy atom. The lowest BCUT2D eigenvalue weighted by Gasteiger charge is -2.36. The number of nitrogens with zero attached hydrogens (tertiary/aromatic N) is 1. The van der Waals surface area contributed by atoms with Gasteiger partial charge in [-0.3, -0.25) is 9.69 Å². The molecule has 0 aliphatic carbocycles. The molecule has 5 nitrogen and oxygen atoms in total. The largest absolute Gasteiger partial charge is 0.468 e. The molecular formula is C14H28N2O3. The van der Waals surface area contributed by atoms with Crippen molar-refractivity contribution in [2.24, 2.45) is 5.92 Å². The summed E-state index contributed by atoms with van der Waals surface area (Å²) in [6.07, 6.45) is 0.141. The van der Waals surface area contributed by atoms with Crippen LogP contribution in [0.2, 0.25) is 0 Å². The van der Waals surface area contributed by atoms with Crippen molar-refractivity contribution in [3.8, 4) is 0 Å². The predicted molar refractivity (Wildman–Crippen MR) is 75.1 cm³/mol. The lowest BCUT2D eigenvalue weighted by atomic mass is 10.0. The van der Waals surface area contributed by atoms with Gasteiger partial charge in [-0.2, -0.15) is 0 Å². The molecule has 0 radical (unpaired) electrons. The van der Waals surface area contributed by atoms with Crippen LogP contribution in [-0.4, -0.2) is 62.4 Å². The number of esters is 1. The number of carbonyl (C=O) groups excluding carboxylic acids is 1. The highest BCUT2D eigenvalue weighted by Crippen LogP contribution is 2.09. The first kappa shape index (κ1) is 16.4. The van der Waals surface area contributed by atoms with Gasteiger partial charge in [0.1, 0.15) is 6.04 Å². The van der Waals surface area contributed by atoms with Gasteiger partial charge in [0.05, 0.1) is 19.8 Å². The quantitative estimate of drug-likeness (QED) is 0.728. The van der Waals surface area contributed by atoms with Gasteiger partial charge in [-0.15, -0.1) is 0 Å². The first-order chi connectivity index (χ1) is 8.95. The Morgan fingerprint density at radius 3 is 2.63 bits per heavy atom. The second-order valence-electron chi connectivity index (χ2n) is 5.73. The van der Waals surface area contributed by atoms with E-state index in [2.05, 4.69) is 24.1 Å². The number of hydrogen-bond donors (Lipinski definition) is 1. The predicted octanol–water partition coefficient (Wildman–Crippen LogP) is 0.883. The Kier molecular flexibility index (Phi) is 6.75. The minimum Gasteiger partial charge on any atom is -0.468 e. The van der Waals surface area contributed by atoms with Crippen LogP contribution in [0.1, 0.15) is 27.7 Å². The fraction of sp³-hybridized carbons (Fsp3) is 0.929. The maximum atomic E-state index is 11.7. The monoisotopic (exact) mass is 272 g/mol. The van der Waals surface area contributed by atoms with E-state index in [-0.39, 0.29) is 24.0 Å². The molecule has 1 aliphatic heterocycles. The maximum absolute atomic E-state index is 11.7. The molecule has 1 rings (SSSR count). The van der Waals surface area contributed by atoms with Crippen LogP contribution in [0, 0.1) is 5.92 Å². The summed E-state index contributed by atoms with van der Waals surface area (Å²) in [6, 6.07) is 0.274. The van der Waals surface area contributed by atoms with Crippen molar-refractivity contribution in [1.82, 2.24) is 10.2 Å². The van der Waals surface area contributed by atoms with Crippen LogP contribution in [0.25, 0.3) is 0 Å². The van der Waals surface area contributed by atoms with Gasteiger partial charge in [0.15, 0.2) is 0 Å². The molecule has 0 aromatic carbocycles. The number of ether oxygens (including phenoxy) is 2. The molecule has 0 aromatic rings. The van der Waals surface area contributed by atoms with Crippen molar-refractivity contribution in [3.05, 3.63) is 0 Å². The summed E-state index contributed by atoms with van der Waals surface area (Å²) in [4.78, 5) is 14.1.